The van der Waals surface area contributed by atoms with Crippen molar-refractivity contribution in [2.75, 3.05) is 68.8 Å². The highest BCUT2D eigenvalue weighted by atomic mass is 32.2. The van der Waals surface area contributed by atoms with Crippen LogP contribution in [0, 0.1) is 0 Å². The summed E-state index contributed by atoms with van der Waals surface area (Å²) >= 11 is 0. The molecule has 0 radical (unpaired) electrons. The molecule has 2 saturated heterocycles. The van der Waals surface area contributed by atoms with Crippen LogP contribution in [0.3, 0.4) is 0 Å². The second-order valence-corrected chi connectivity index (χ2v) is 16.4. The van der Waals surface area contributed by atoms with Crippen LogP contribution in [-0.2, 0) is 19.7 Å². The number of benzene rings is 4. The zero-order valence-corrected chi connectivity index (χ0v) is 31.2. The van der Waals surface area contributed by atoms with Crippen molar-refractivity contribution in [1.82, 2.24) is 20.6 Å². The maximum absolute atomic E-state index is 12.8. The van der Waals surface area contributed by atoms with Crippen molar-refractivity contribution in [3.05, 3.63) is 122 Å². The van der Waals surface area contributed by atoms with E-state index in [2.05, 4.69) is 30.4 Å². The maximum atomic E-state index is 12.8. The van der Waals surface area contributed by atoms with Crippen LogP contribution >= 0.6 is 0 Å². The number of para-hydroxylation sites is 2. The highest BCUT2D eigenvalue weighted by Gasteiger charge is 2.22. The molecule has 0 unspecified atom stereocenters. The molecule has 53 heavy (non-hydrogen) atoms. The number of nitrogens with zero attached hydrogens (tertiary/aromatic N) is 4. The summed E-state index contributed by atoms with van der Waals surface area (Å²) in [5.41, 5.74) is 3.80. The Bertz CT molecular complexity index is 2180. The zero-order valence-electron chi connectivity index (χ0n) is 29.6. The topological polar surface area (TPSA) is 145 Å². The lowest BCUT2D eigenvalue weighted by Crippen LogP contribution is -2.43. The third-order valence-electron chi connectivity index (χ3n) is 8.97. The first-order valence-corrected chi connectivity index (χ1v) is 20.6. The van der Waals surface area contributed by atoms with Gasteiger partial charge in [0.15, 0.2) is 0 Å². The molecule has 8 rings (SSSR count). The van der Waals surface area contributed by atoms with E-state index >= 15 is 0 Å². The van der Waals surface area contributed by atoms with Crippen molar-refractivity contribution in [1.29, 1.82) is 0 Å². The first kappa shape index (κ1) is 37.8. The second kappa shape index (κ2) is 17.3. The smallest absolute Gasteiger partial charge is 0.208 e. The number of hydrogen-bond acceptors (Lipinski definition) is 11. The van der Waals surface area contributed by atoms with Gasteiger partial charge >= 0.3 is 0 Å². The van der Waals surface area contributed by atoms with E-state index < -0.39 is 19.7 Å². The van der Waals surface area contributed by atoms with E-state index in [1.807, 2.05) is 36.4 Å². The lowest BCUT2D eigenvalue weighted by atomic mass is 10.1. The van der Waals surface area contributed by atoms with Gasteiger partial charge < -0.3 is 25.5 Å². The van der Waals surface area contributed by atoms with Gasteiger partial charge in [-0.1, -0.05) is 60.7 Å². The van der Waals surface area contributed by atoms with Crippen LogP contribution in [0.25, 0.3) is 21.8 Å². The van der Waals surface area contributed by atoms with Crippen molar-refractivity contribution in [2.45, 2.75) is 26.5 Å². The van der Waals surface area contributed by atoms with E-state index in [0.29, 0.717) is 0 Å². The summed E-state index contributed by atoms with van der Waals surface area (Å²) in [5.74, 6) is 0. The molecule has 0 atom stereocenters. The van der Waals surface area contributed by atoms with Gasteiger partial charge in [-0.2, -0.15) is 0 Å². The number of anilines is 2. The van der Waals surface area contributed by atoms with E-state index in [0.717, 1.165) is 85.5 Å². The highest BCUT2D eigenvalue weighted by molar-refractivity contribution is 7.91. The molecule has 13 heteroatoms. The molecular formula is C40H44N6O5S2. The molecule has 0 spiro atoms. The normalized spacial score (nSPS) is 14.9. The molecule has 0 aliphatic carbocycles. The Labute approximate surface area is 311 Å². The molecule has 4 aromatic carbocycles. The molecule has 2 aromatic heterocycles. The van der Waals surface area contributed by atoms with E-state index in [4.69, 9.17) is 5.11 Å². The summed E-state index contributed by atoms with van der Waals surface area (Å²) in [7, 11) is -7.11. The first-order valence-electron chi connectivity index (χ1n) is 17.6. The molecule has 2 aliphatic rings. The summed E-state index contributed by atoms with van der Waals surface area (Å²) < 4.78 is 51.2. The zero-order chi connectivity index (χ0) is 37.3. The van der Waals surface area contributed by atoms with Gasteiger partial charge in [0.05, 0.1) is 42.0 Å². The fraction of sp³-hybridized carbons (Fsp3) is 0.250. The minimum Gasteiger partial charge on any atom is -0.397 e. The number of fused-ring (bicyclic) bond motifs is 2. The van der Waals surface area contributed by atoms with Gasteiger partial charge in [-0.3, -0.25) is 9.97 Å². The number of aliphatic hydroxyl groups is 1. The Morgan fingerprint density at radius 3 is 1.26 bits per heavy atom. The molecule has 2 aliphatic heterocycles. The van der Waals surface area contributed by atoms with E-state index in [1.165, 1.54) is 12.4 Å². The van der Waals surface area contributed by atoms with Gasteiger partial charge in [0.1, 0.15) is 0 Å². The van der Waals surface area contributed by atoms with Gasteiger partial charge in [0.2, 0.25) is 19.7 Å². The Kier molecular flexibility index (Phi) is 12.3. The average molecular weight is 753 g/mol. The molecule has 2 fully saturated rings. The Balaban J connectivity index is 0.000000169. The summed E-state index contributed by atoms with van der Waals surface area (Å²) in [6.07, 6.45) is 2.94. The summed E-state index contributed by atoms with van der Waals surface area (Å²) in [6, 6.07) is 32.2. The van der Waals surface area contributed by atoms with Crippen molar-refractivity contribution in [3.63, 3.8) is 0 Å². The van der Waals surface area contributed by atoms with E-state index in [9.17, 15) is 16.8 Å². The molecule has 0 saturated carbocycles. The van der Waals surface area contributed by atoms with Crippen LogP contribution in [0.1, 0.15) is 6.92 Å². The van der Waals surface area contributed by atoms with Gasteiger partial charge in [-0.25, -0.2) is 16.8 Å². The van der Waals surface area contributed by atoms with Crippen LogP contribution in [0.4, 0.5) is 11.4 Å². The number of pyridine rings is 2. The third-order valence-corrected chi connectivity index (χ3v) is 12.4. The monoisotopic (exact) mass is 752 g/mol. The minimum absolute atomic E-state index is 0.226. The van der Waals surface area contributed by atoms with Crippen LogP contribution in [0.2, 0.25) is 0 Å². The quantitative estimate of drug-likeness (QED) is 0.213. The van der Waals surface area contributed by atoms with Crippen LogP contribution in [-0.4, -0.2) is 90.9 Å². The fourth-order valence-electron chi connectivity index (χ4n) is 6.34. The molecule has 11 nitrogen and oxygen atoms in total. The SMILES string of the molecule is CCO.O=S(=O)(c1ccccc1)c1cnc2c(N3CCNCC3)cccc2c1.O=S(=O)(c1ccccc1)c1cnc2c(N3CCNCC3)cccc2c1. The average Bonchev–Trinajstić information content (AvgIpc) is 3.22. The van der Waals surface area contributed by atoms with Crippen LogP contribution in [0.15, 0.2) is 141 Å². The van der Waals surface area contributed by atoms with Gasteiger partial charge in [-0.05, 0) is 55.5 Å². The van der Waals surface area contributed by atoms with Gasteiger partial charge in [0, 0.05) is 82.1 Å². The first-order chi connectivity index (χ1) is 25.7. The van der Waals surface area contributed by atoms with Crippen LogP contribution in [0.5, 0.6) is 0 Å². The number of rotatable bonds is 6. The highest BCUT2D eigenvalue weighted by Crippen LogP contribution is 2.30. The summed E-state index contributed by atoms with van der Waals surface area (Å²) in [4.78, 5) is 14.6. The molecule has 0 bridgehead atoms. The molecule has 0 amide bonds. The maximum Gasteiger partial charge on any atom is 0.208 e. The number of hydrogen-bond donors (Lipinski definition) is 3. The Morgan fingerprint density at radius 1 is 0.547 bits per heavy atom. The third kappa shape index (κ3) is 8.66. The van der Waals surface area contributed by atoms with Crippen molar-refractivity contribution in [3.8, 4) is 0 Å². The standard InChI is InChI=1S/2C19H19N3O2S.C2H6O/c2*23-25(24,16-6-2-1-3-7-16)17-13-15-5-4-8-18(19(15)21-14-17)22-11-9-20-10-12-22;1-2-3/h2*1-8,13-14,20H,9-12H2;3H,2H2,1H3. The molecule has 4 heterocycles. The molecule has 276 valence electrons. The Morgan fingerprint density at radius 2 is 0.906 bits per heavy atom. The number of aromatic nitrogens is 2. The fourth-order valence-corrected chi connectivity index (χ4v) is 8.86. The summed E-state index contributed by atoms with van der Waals surface area (Å²) in [6.45, 7) is 9.38. The van der Waals surface area contributed by atoms with Crippen molar-refractivity contribution < 1.29 is 21.9 Å². The number of aliphatic hydroxyl groups excluding tert-OH is 1. The predicted octanol–water partition coefficient (Wildman–Crippen LogP) is 4.95. The number of nitrogens with one attached hydrogen (secondary N) is 2. The predicted molar refractivity (Wildman–Crippen MR) is 210 cm³/mol. The lowest BCUT2D eigenvalue weighted by molar-refractivity contribution is 0.318. The molecule has 3 N–H and O–H groups in total. The van der Waals surface area contributed by atoms with Crippen molar-refractivity contribution in [2.24, 2.45) is 0 Å². The summed E-state index contributed by atoms with van der Waals surface area (Å²) in [5, 5.41) is 15.9. The van der Waals surface area contributed by atoms with Gasteiger partial charge in [0.25, 0.3) is 0 Å². The minimum atomic E-state index is -3.55. The molecular weight excluding hydrogens is 709 g/mol. The second-order valence-electron chi connectivity index (χ2n) is 12.5. The van der Waals surface area contributed by atoms with E-state index in [1.54, 1.807) is 79.7 Å². The lowest BCUT2D eigenvalue weighted by Gasteiger charge is -2.30. The van der Waals surface area contributed by atoms with E-state index in [-0.39, 0.29) is 26.2 Å². The largest absolute Gasteiger partial charge is 0.397 e. The Hall–Kier alpha value is -4.92. The van der Waals surface area contributed by atoms with Gasteiger partial charge in [-0.15, -0.1) is 0 Å². The number of piperazine rings is 2. The van der Waals surface area contributed by atoms with Crippen molar-refractivity contribution >= 4 is 52.9 Å². The number of sulfone groups is 2. The molecule has 6 aromatic rings. The van der Waals surface area contributed by atoms with Crippen LogP contribution < -0.4 is 20.4 Å².